The van der Waals surface area contributed by atoms with Gasteiger partial charge in [-0.1, -0.05) is 19.8 Å². The Morgan fingerprint density at radius 2 is 2.06 bits per heavy atom. The molecule has 0 aromatic carbocycles. The Kier molecular flexibility index (Phi) is 9.69. The van der Waals surface area contributed by atoms with Crippen molar-refractivity contribution >= 4 is 28.3 Å². The third-order valence-corrected chi connectivity index (χ3v) is 6.35. The number of carbonyl (C=O) groups is 2. The lowest BCUT2D eigenvalue weighted by atomic mass is 10.1. The molecule has 3 rings (SSSR count). The van der Waals surface area contributed by atoms with Crippen LogP contribution in [0.1, 0.15) is 59.3 Å². The number of hydrogen-bond donors (Lipinski definition) is 0. The van der Waals surface area contributed by atoms with Crippen LogP contribution in [-0.2, 0) is 19.1 Å². The smallest absolute Gasteiger partial charge is 0.303 e. The number of amides is 1. The summed E-state index contributed by atoms with van der Waals surface area (Å²) >= 11 is 1.19. The van der Waals surface area contributed by atoms with E-state index in [1.54, 1.807) is 23.8 Å². The van der Waals surface area contributed by atoms with Crippen LogP contribution in [0, 0.1) is 0 Å². The molecule has 1 aliphatic rings. The summed E-state index contributed by atoms with van der Waals surface area (Å²) in [6.07, 6.45) is 8.53. The van der Waals surface area contributed by atoms with Crippen LogP contribution < -0.4 is 4.90 Å². The van der Waals surface area contributed by atoms with Crippen LogP contribution in [-0.4, -0.2) is 41.0 Å². The third kappa shape index (κ3) is 7.43. The van der Waals surface area contributed by atoms with E-state index in [1.165, 1.54) is 29.2 Å². The number of pyridine rings is 1. The van der Waals surface area contributed by atoms with E-state index in [0.717, 1.165) is 31.7 Å². The fourth-order valence-electron chi connectivity index (χ4n) is 3.76. The first-order valence-electron chi connectivity index (χ1n) is 12.0. The summed E-state index contributed by atoms with van der Waals surface area (Å²) in [5.74, 6) is -4.12. The van der Waals surface area contributed by atoms with E-state index in [4.69, 9.17) is 9.47 Å². The molecule has 10 heteroatoms. The van der Waals surface area contributed by atoms with Gasteiger partial charge in [0.2, 0.25) is 0 Å². The second-order valence-electron chi connectivity index (χ2n) is 8.54. The summed E-state index contributed by atoms with van der Waals surface area (Å²) in [5.41, 5.74) is 1.45. The molecule has 194 valence electrons. The molecule has 0 unspecified atom stereocenters. The SMILES string of the molecule is CCCCCOC1=C(C(C)(F)F)C=C(N(C(=O)COC(C)=O)c2nc(-c3cccnc3)cs2)CCC1. The molecule has 0 aliphatic heterocycles. The molecule has 0 saturated carbocycles. The number of thiazole rings is 1. The number of unbranched alkanes of at least 4 members (excludes halogenated alkanes) is 2. The second-order valence-corrected chi connectivity index (χ2v) is 9.37. The number of halogens is 2. The van der Waals surface area contributed by atoms with Crippen molar-refractivity contribution in [3.8, 4) is 11.3 Å². The summed E-state index contributed by atoms with van der Waals surface area (Å²) < 4.78 is 40.3. The van der Waals surface area contributed by atoms with Crippen LogP contribution in [0.2, 0.25) is 0 Å². The van der Waals surface area contributed by atoms with Crippen molar-refractivity contribution in [2.24, 2.45) is 0 Å². The van der Waals surface area contributed by atoms with Crippen molar-refractivity contribution in [2.45, 2.75) is 65.2 Å². The Labute approximate surface area is 213 Å². The average Bonchev–Trinajstić information content (AvgIpc) is 3.22. The highest BCUT2D eigenvalue weighted by Crippen LogP contribution is 2.37. The molecule has 0 atom stereocenters. The molecule has 0 N–H and O–H groups in total. The van der Waals surface area contributed by atoms with Gasteiger partial charge in [-0.15, -0.1) is 11.3 Å². The lowest BCUT2D eigenvalue weighted by Crippen LogP contribution is -2.34. The molecule has 7 nitrogen and oxygen atoms in total. The zero-order valence-electron chi connectivity index (χ0n) is 20.8. The van der Waals surface area contributed by atoms with Gasteiger partial charge < -0.3 is 9.47 Å². The summed E-state index contributed by atoms with van der Waals surface area (Å²) in [4.78, 5) is 34.5. The van der Waals surface area contributed by atoms with Crippen molar-refractivity contribution in [1.29, 1.82) is 0 Å². The number of hydrogen-bond acceptors (Lipinski definition) is 7. The van der Waals surface area contributed by atoms with E-state index in [1.807, 2.05) is 6.07 Å². The number of allylic oxidation sites excluding steroid dienone is 4. The molecule has 2 aromatic rings. The van der Waals surface area contributed by atoms with Crippen molar-refractivity contribution in [2.75, 3.05) is 18.1 Å². The fraction of sp³-hybridized carbons (Fsp3) is 0.462. The highest BCUT2D eigenvalue weighted by atomic mass is 32.1. The first kappa shape index (κ1) is 27.4. The van der Waals surface area contributed by atoms with E-state index >= 15 is 0 Å². The van der Waals surface area contributed by atoms with Crippen LogP contribution in [0.4, 0.5) is 13.9 Å². The molecule has 0 radical (unpaired) electrons. The first-order chi connectivity index (χ1) is 17.2. The van der Waals surface area contributed by atoms with Crippen molar-refractivity contribution < 1.29 is 27.8 Å². The number of anilines is 1. The molecule has 1 amide bonds. The average molecular weight is 520 g/mol. The molecular weight excluding hydrogens is 488 g/mol. The summed E-state index contributed by atoms with van der Waals surface area (Å²) in [6.45, 7) is 3.92. The largest absolute Gasteiger partial charge is 0.497 e. The highest BCUT2D eigenvalue weighted by Gasteiger charge is 2.34. The Morgan fingerprint density at radius 1 is 1.25 bits per heavy atom. The quantitative estimate of drug-likeness (QED) is 0.257. The van der Waals surface area contributed by atoms with Gasteiger partial charge in [-0.3, -0.25) is 19.5 Å². The van der Waals surface area contributed by atoms with Gasteiger partial charge in [0, 0.05) is 49.3 Å². The van der Waals surface area contributed by atoms with E-state index < -0.39 is 24.4 Å². The zero-order valence-corrected chi connectivity index (χ0v) is 21.6. The maximum atomic E-state index is 14.8. The number of rotatable bonds is 11. The van der Waals surface area contributed by atoms with Gasteiger partial charge in [0.1, 0.15) is 5.76 Å². The minimum atomic E-state index is -3.18. The van der Waals surface area contributed by atoms with Gasteiger partial charge >= 0.3 is 5.97 Å². The molecule has 0 spiro atoms. The Balaban J connectivity index is 2.01. The van der Waals surface area contributed by atoms with Gasteiger partial charge in [0.25, 0.3) is 11.8 Å². The fourth-order valence-corrected chi connectivity index (χ4v) is 4.64. The van der Waals surface area contributed by atoms with Gasteiger partial charge in [-0.25, -0.2) is 13.8 Å². The molecule has 2 aromatic heterocycles. The van der Waals surface area contributed by atoms with Crippen LogP contribution >= 0.6 is 11.3 Å². The lowest BCUT2D eigenvalue weighted by molar-refractivity contribution is -0.145. The number of aromatic nitrogens is 2. The van der Waals surface area contributed by atoms with E-state index in [0.29, 0.717) is 42.4 Å². The summed E-state index contributed by atoms with van der Waals surface area (Å²) in [7, 11) is 0. The molecular formula is C26H31F2N3O4S. The zero-order chi connectivity index (χ0) is 26.1. The van der Waals surface area contributed by atoms with Crippen LogP contribution in [0.15, 0.2) is 53.0 Å². The maximum absolute atomic E-state index is 14.8. The number of carbonyl (C=O) groups excluding carboxylic acids is 2. The topological polar surface area (TPSA) is 81.6 Å². The standard InChI is InChI=1S/C26H31F2N3O4S/c1-4-5-6-13-34-23-11-7-10-20(14-21(23)26(3,27)28)31(24(33)16-35-18(2)32)25-30-22(17-36-25)19-9-8-12-29-15-19/h8-9,12,14-15,17H,4-7,10-11,13,16H2,1-3H3. The number of nitrogens with zero attached hydrogens (tertiary/aromatic N) is 3. The van der Waals surface area contributed by atoms with Crippen LogP contribution in [0.25, 0.3) is 11.3 Å². The van der Waals surface area contributed by atoms with Gasteiger partial charge in [0.05, 0.1) is 17.9 Å². The molecule has 1 aliphatic carbocycles. The first-order valence-corrected chi connectivity index (χ1v) is 12.9. The third-order valence-electron chi connectivity index (χ3n) is 5.52. The molecule has 0 saturated heterocycles. The lowest BCUT2D eigenvalue weighted by Gasteiger charge is -2.23. The number of esters is 1. The minimum absolute atomic E-state index is 0.246. The Bertz CT molecular complexity index is 1110. The van der Waals surface area contributed by atoms with Crippen molar-refractivity contribution in [3.63, 3.8) is 0 Å². The van der Waals surface area contributed by atoms with Gasteiger partial charge in [0.15, 0.2) is 11.7 Å². The Morgan fingerprint density at radius 3 is 2.72 bits per heavy atom. The molecule has 0 bridgehead atoms. The van der Waals surface area contributed by atoms with Crippen molar-refractivity contribution in [1.82, 2.24) is 9.97 Å². The highest BCUT2D eigenvalue weighted by molar-refractivity contribution is 7.14. The predicted molar refractivity (Wildman–Crippen MR) is 135 cm³/mol. The maximum Gasteiger partial charge on any atom is 0.303 e. The van der Waals surface area contributed by atoms with Gasteiger partial charge in [-0.05, 0) is 37.5 Å². The summed E-state index contributed by atoms with van der Waals surface area (Å²) in [5, 5.41) is 2.06. The minimum Gasteiger partial charge on any atom is -0.497 e. The Hall–Kier alpha value is -3.14. The number of ether oxygens (including phenoxy) is 2. The summed E-state index contributed by atoms with van der Waals surface area (Å²) in [6, 6.07) is 3.61. The molecule has 2 heterocycles. The van der Waals surface area contributed by atoms with E-state index in [2.05, 4.69) is 16.9 Å². The number of alkyl halides is 2. The normalized spacial score (nSPS) is 14.2. The monoisotopic (exact) mass is 519 g/mol. The van der Waals surface area contributed by atoms with Crippen molar-refractivity contribution in [3.05, 3.63) is 53.0 Å². The van der Waals surface area contributed by atoms with E-state index in [-0.39, 0.29) is 11.3 Å². The van der Waals surface area contributed by atoms with Crippen LogP contribution in [0.3, 0.4) is 0 Å². The predicted octanol–water partition coefficient (Wildman–Crippen LogP) is 6.29. The second kappa shape index (κ2) is 12.7. The molecule has 36 heavy (non-hydrogen) atoms. The van der Waals surface area contributed by atoms with Gasteiger partial charge in [-0.2, -0.15) is 0 Å². The van der Waals surface area contributed by atoms with Crippen LogP contribution in [0.5, 0.6) is 0 Å². The molecule has 0 fully saturated rings. The van der Waals surface area contributed by atoms with E-state index in [9.17, 15) is 18.4 Å².